The fraction of sp³-hybridized carbons (Fsp3) is 0.125. The lowest BCUT2D eigenvalue weighted by Gasteiger charge is -2.22. The second kappa shape index (κ2) is 6.02. The average molecular weight is 268 g/mol. The van der Waals surface area contributed by atoms with E-state index >= 15 is 0 Å². The Bertz CT molecular complexity index is 625. The number of carbonyl (C=O) groups excluding carboxylic acids is 4. The van der Waals surface area contributed by atoms with Crippen LogP contribution in [0.15, 0.2) is 36.4 Å². The molecule has 0 aromatic heterocycles. The van der Waals surface area contributed by atoms with Gasteiger partial charge in [0.2, 0.25) is 0 Å². The summed E-state index contributed by atoms with van der Waals surface area (Å²) < 4.78 is 0. The Kier molecular flexibility index (Phi) is 4.15. The molecule has 0 saturated carbocycles. The van der Waals surface area contributed by atoms with Gasteiger partial charge in [-0.3, -0.25) is 9.59 Å². The first-order valence-electron chi connectivity index (χ1n) is 6.09. The summed E-state index contributed by atoms with van der Waals surface area (Å²) in [5, 5.41) is 0. The van der Waals surface area contributed by atoms with Crippen molar-refractivity contribution in [1.29, 1.82) is 0 Å². The first kappa shape index (κ1) is 13.8. The normalized spacial score (nSPS) is 20.9. The molecule has 2 atom stereocenters. The topological polar surface area (TPSA) is 68.3 Å². The molecular weight excluding hydrogens is 256 g/mol. The van der Waals surface area contributed by atoms with Gasteiger partial charge in [-0.15, -0.1) is 0 Å². The maximum absolute atomic E-state index is 11.3. The first-order chi connectivity index (χ1) is 9.76. The summed E-state index contributed by atoms with van der Waals surface area (Å²) in [6.45, 7) is 0. The van der Waals surface area contributed by atoms with Crippen molar-refractivity contribution in [3.8, 4) is 0 Å². The minimum absolute atomic E-state index is 0.237. The zero-order valence-electron chi connectivity index (χ0n) is 10.6. The molecule has 0 bridgehead atoms. The van der Waals surface area contributed by atoms with Crippen LogP contribution in [0.5, 0.6) is 0 Å². The Morgan fingerprint density at radius 2 is 1.75 bits per heavy atom. The van der Waals surface area contributed by atoms with Crippen molar-refractivity contribution in [2.24, 2.45) is 11.8 Å². The van der Waals surface area contributed by atoms with Crippen LogP contribution >= 0.6 is 0 Å². The van der Waals surface area contributed by atoms with Crippen molar-refractivity contribution in [3.05, 3.63) is 53.1 Å². The van der Waals surface area contributed by atoms with E-state index in [1.54, 1.807) is 30.4 Å². The minimum Gasteiger partial charge on any atom is -0.303 e. The lowest BCUT2D eigenvalue weighted by atomic mass is 9.79. The van der Waals surface area contributed by atoms with Crippen LogP contribution in [0.2, 0.25) is 0 Å². The van der Waals surface area contributed by atoms with Crippen molar-refractivity contribution in [2.75, 3.05) is 0 Å². The Morgan fingerprint density at radius 1 is 0.950 bits per heavy atom. The standard InChI is InChI=1S/C16H12O4/c17-7-11-3-1-5-13(15(11)9-19)14-6-2-4-12(8-18)16(14)10-20/h1-11,15H. The number of aldehydes is 4. The largest absolute Gasteiger partial charge is 0.303 e. The molecule has 0 aliphatic heterocycles. The van der Waals surface area contributed by atoms with Crippen LogP contribution < -0.4 is 0 Å². The smallest absolute Gasteiger partial charge is 0.151 e. The van der Waals surface area contributed by atoms with Crippen molar-refractivity contribution in [1.82, 2.24) is 0 Å². The Hall–Kier alpha value is -2.62. The maximum atomic E-state index is 11.3. The summed E-state index contributed by atoms with van der Waals surface area (Å²) in [7, 11) is 0. The Morgan fingerprint density at radius 3 is 2.35 bits per heavy atom. The number of rotatable bonds is 5. The molecule has 0 heterocycles. The van der Waals surface area contributed by atoms with E-state index in [9.17, 15) is 19.2 Å². The lowest BCUT2D eigenvalue weighted by Crippen LogP contribution is -2.20. The molecule has 1 aromatic carbocycles. The lowest BCUT2D eigenvalue weighted by molar-refractivity contribution is -0.116. The molecule has 2 unspecified atom stereocenters. The molecule has 0 N–H and O–H groups in total. The third-order valence-corrected chi connectivity index (χ3v) is 3.38. The summed E-state index contributed by atoms with van der Waals surface area (Å²) in [6.07, 6.45) is 7.59. The zero-order valence-corrected chi connectivity index (χ0v) is 10.6. The van der Waals surface area contributed by atoms with Crippen molar-refractivity contribution < 1.29 is 19.2 Å². The van der Waals surface area contributed by atoms with Gasteiger partial charge in [-0.2, -0.15) is 0 Å². The molecule has 0 spiro atoms. The molecule has 1 aliphatic carbocycles. The molecule has 0 radical (unpaired) electrons. The third-order valence-electron chi connectivity index (χ3n) is 3.38. The van der Waals surface area contributed by atoms with E-state index in [0.717, 1.165) is 0 Å². The SMILES string of the molecule is O=Cc1cccc(C2=CC=CC(C=O)C2C=O)c1C=O. The molecule has 20 heavy (non-hydrogen) atoms. The number of hydrogen-bond acceptors (Lipinski definition) is 4. The fourth-order valence-electron chi connectivity index (χ4n) is 2.36. The van der Waals surface area contributed by atoms with Gasteiger partial charge in [0.25, 0.3) is 0 Å². The van der Waals surface area contributed by atoms with E-state index in [1.165, 1.54) is 6.07 Å². The van der Waals surface area contributed by atoms with E-state index in [4.69, 9.17) is 0 Å². The number of allylic oxidation sites excluding steroid dienone is 4. The molecule has 0 fully saturated rings. The molecule has 4 heteroatoms. The van der Waals surface area contributed by atoms with Gasteiger partial charge in [0, 0.05) is 17.0 Å². The second-order valence-electron chi connectivity index (χ2n) is 4.43. The summed E-state index contributed by atoms with van der Waals surface area (Å²) >= 11 is 0. The van der Waals surface area contributed by atoms with Gasteiger partial charge in [-0.25, -0.2) is 0 Å². The number of carbonyl (C=O) groups is 4. The van der Waals surface area contributed by atoms with Crippen LogP contribution in [0.1, 0.15) is 26.3 Å². The highest BCUT2D eigenvalue weighted by Gasteiger charge is 2.27. The van der Waals surface area contributed by atoms with E-state index in [2.05, 4.69) is 0 Å². The van der Waals surface area contributed by atoms with Crippen molar-refractivity contribution in [3.63, 3.8) is 0 Å². The van der Waals surface area contributed by atoms with Crippen molar-refractivity contribution in [2.45, 2.75) is 0 Å². The van der Waals surface area contributed by atoms with Gasteiger partial charge in [0.05, 0.1) is 5.92 Å². The Balaban J connectivity index is 2.61. The molecular formula is C16H12O4. The predicted molar refractivity (Wildman–Crippen MR) is 73.4 cm³/mol. The highest BCUT2D eigenvalue weighted by Crippen LogP contribution is 2.33. The van der Waals surface area contributed by atoms with Gasteiger partial charge < -0.3 is 9.59 Å². The molecule has 100 valence electrons. The number of benzene rings is 1. The van der Waals surface area contributed by atoms with E-state index in [0.29, 0.717) is 36.3 Å². The molecule has 4 nitrogen and oxygen atoms in total. The van der Waals surface area contributed by atoms with Crippen LogP contribution in [0.3, 0.4) is 0 Å². The Labute approximate surface area is 115 Å². The van der Waals surface area contributed by atoms with Crippen LogP contribution in [-0.4, -0.2) is 25.1 Å². The highest BCUT2D eigenvalue weighted by molar-refractivity contribution is 5.98. The maximum Gasteiger partial charge on any atom is 0.151 e. The molecule has 0 saturated heterocycles. The zero-order chi connectivity index (χ0) is 14.5. The predicted octanol–water partition coefficient (Wildman–Crippen LogP) is 1.90. The quantitative estimate of drug-likeness (QED) is 0.765. The van der Waals surface area contributed by atoms with Crippen LogP contribution in [-0.2, 0) is 9.59 Å². The fourth-order valence-corrected chi connectivity index (χ4v) is 2.36. The van der Waals surface area contributed by atoms with Gasteiger partial charge in [0.1, 0.15) is 12.6 Å². The molecule has 2 rings (SSSR count). The number of hydrogen-bond donors (Lipinski definition) is 0. The second-order valence-corrected chi connectivity index (χ2v) is 4.43. The summed E-state index contributed by atoms with van der Waals surface area (Å²) in [6, 6.07) is 4.84. The minimum atomic E-state index is -0.641. The van der Waals surface area contributed by atoms with Gasteiger partial charge in [0.15, 0.2) is 12.6 Å². The van der Waals surface area contributed by atoms with Crippen LogP contribution in [0, 0.1) is 11.8 Å². The molecule has 0 amide bonds. The van der Waals surface area contributed by atoms with Gasteiger partial charge in [-0.05, 0) is 11.1 Å². The van der Waals surface area contributed by atoms with E-state index < -0.39 is 11.8 Å². The highest BCUT2D eigenvalue weighted by atomic mass is 16.1. The third kappa shape index (κ3) is 2.28. The summed E-state index contributed by atoms with van der Waals surface area (Å²) in [5.41, 5.74) is 1.59. The van der Waals surface area contributed by atoms with Gasteiger partial charge >= 0.3 is 0 Å². The van der Waals surface area contributed by atoms with E-state index in [1.807, 2.05) is 0 Å². The van der Waals surface area contributed by atoms with Crippen LogP contribution in [0.4, 0.5) is 0 Å². The summed E-state index contributed by atoms with van der Waals surface area (Å²) in [5.74, 6) is -1.19. The summed E-state index contributed by atoms with van der Waals surface area (Å²) in [4.78, 5) is 44.5. The van der Waals surface area contributed by atoms with Crippen LogP contribution in [0.25, 0.3) is 5.57 Å². The average Bonchev–Trinajstić information content (AvgIpc) is 2.52. The molecule has 1 aliphatic rings. The molecule has 1 aromatic rings. The van der Waals surface area contributed by atoms with E-state index in [-0.39, 0.29) is 11.1 Å². The van der Waals surface area contributed by atoms with Gasteiger partial charge in [-0.1, -0.05) is 36.4 Å². The first-order valence-corrected chi connectivity index (χ1v) is 6.09. The van der Waals surface area contributed by atoms with Crippen molar-refractivity contribution >= 4 is 30.7 Å². The monoisotopic (exact) mass is 268 g/mol.